The molecule has 1 aliphatic heterocycles. The van der Waals surface area contributed by atoms with Crippen LogP contribution in [0.5, 0.6) is 0 Å². The summed E-state index contributed by atoms with van der Waals surface area (Å²) in [7, 11) is 1.54. The second-order valence-corrected chi connectivity index (χ2v) is 6.22. The molecule has 7 nitrogen and oxygen atoms in total. The number of aldehydes is 1. The Morgan fingerprint density at radius 3 is 2.88 bits per heavy atom. The molecule has 1 aliphatic rings. The SMILES string of the molecule is CNC(=O)[C@H]1Cc2c([nH]c3ccccc23)CN1C(=O)c1occc1C=O. The molecule has 0 bridgehead atoms. The van der Waals surface area contributed by atoms with Crippen molar-refractivity contribution >= 4 is 29.0 Å². The summed E-state index contributed by atoms with van der Waals surface area (Å²) in [5.74, 6) is -0.781. The number of furan rings is 1. The number of likely N-dealkylation sites (N-methyl/N-ethyl adjacent to an activating group) is 1. The molecule has 4 rings (SSSR count). The fraction of sp³-hybridized carbons (Fsp3) is 0.211. The van der Waals surface area contributed by atoms with Crippen molar-refractivity contribution in [3.8, 4) is 0 Å². The molecule has 0 saturated heterocycles. The summed E-state index contributed by atoms with van der Waals surface area (Å²) in [5, 5.41) is 3.67. The summed E-state index contributed by atoms with van der Waals surface area (Å²) in [4.78, 5) is 41.4. The Kier molecular flexibility index (Phi) is 3.84. The predicted molar refractivity (Wildman–Crippen MR) is 93.8 cm³/mol. The van der Waals surface area contributed by atoms with Crippen LogP contribution in [0, 0.1) is 0 Å². The molecule has 0 saturated carbocycles. The molecular weight excluding hydrogens is 334 g/mol. The molecule has 2 N–H and O–H groups in total. The molecule has 1 atom stereocenters. The van der Waals surface area contributed by atoms with Crippen LogP contribution in [0.15, 0.2) is 41.0 Å². The number of aromatic nitrogens is 1. The van der Waals surface area contributed by atoms with Gasteiger partial charge in [0.15, 0.2) is 6.29 Å². The van der Waals surface area contributed by atoms with Crippen molar-refractivity contribution in [1.82, 2.24) is 15.2 Å². The van der Waals surface area contributed by atoms with E-state index < -0.39 is 11.9 Å². The number of nitrogens with zero attached hydrogens (tertiary/aromatic N) is 1. The number of amides is 2. The van der Waals surface area contributed by atoms with Crippen LogP contribution in [0.4, 0.5) is 0 Å². The van der Waals surface area contributed by atoms with Crippen molar-refractivity contribution in [1.29, 1.82) is 0 Å². The number of benzene rings is 1. The third-order valence-electron chi connectivity index (χ3n) is 4.83. The Morgan fingerprint density at radius 2 is 2.12 bits per heavy atom. The van der Waals surface area contributed by atoms with E-state index in [0.29, 0.717) is 12.7 Å². The molecule has 0 aliphatic carbocycles. The van der Waals surface area contributed by atoms with Gasteiger partial charge in [0.1, 0.15) is 6.04 Å². The van der Waals surface area contributed by atoms with Gasteiger partial charge in [-0.15, -0.1) is 0 Å². The number of hydrogen-bond donors (Lipinski definition) is 2. The molecule has 0 radical (unpaired) electrons. The van der Waals surface area contributed by atoms with Gasteiger partial charge in [0.25, 0.3) is 5.91 Å². The molecule has 0 spiro atoms. The van der Waals surface area contributed by atoms with Crippen molar-refractivity contribution in [3.63, 3.8) is 0 Å². The van der Waals surface area contributed by atoms with Crippen LogP contribution in [-0.4, -0.2) is 41.1 Å². The third-order valence-corrected chi connectivity index (χ3v) is 4.83. The van der Waals surface area contributed by atoms with Crippen molar-refractivity contribution in [2.75, 3.05) is 7.05 Å². The third kappa shape index (κ3) is 2.40. The lowest BCUT2D eigenvalue weighted by Crippen LogP contribution is -2.52. The summed E-state index contributed by atoms with van der Waals surface area (Å²) < 4.78 is 5.21. The number of fused-ring (bicyclic) bond motifs is 3. The van der Waals surface area contributed by atoms with E-state index in [0.717, 1.165) is 22.2 Å². The van der Waals surface area contributed by atoms with Crippen molar-refractivity contribution in [3.05, 3.63) is 59.2 Å². The van der Waals surface area contributed by atoms with Gasteiger partial charge in [-0.2, -0.15) is 0 Å². The highest BCUT2D eigenvalue weighted by Crippen LogP contribution is 2.31. The molecule has 7 heteroatoms. The van der Waals surface area contributed by atoms with Crippen LogP contribution in [-0.2, 0) is 17.8 Å². The van der Waals surface area contributed by atoms with Crippen LogP contribution >= 0.6 is 0 Å². The number of H-pyrrole nitrogens is 1. The first-order valence-electron chi connectivity index (χ1n) is 8.27. The second-order valence-electron chi connectivity index (χ2n) is 6.22. The summed E-state index contributed by atoms with van der Waals surface area (Å²) >= 11 is 0. The average molecular weight is 351 g/mol. The van der Waals surface area contributed by atoms with E-state index in [1.54, 1.807) is 7.05 Å². The van der Waals surface area contributed by atoms with Gasteiger partial charge in [0.2, 0.25) is 11.7 Å². The van der Waals surface area contributed by atoms with Crippen LogP contribution in [0.3, 0.4) is 0 Å². The largest absolute Gasteiger partial charge is 0.458 e. The minimum atomic E-state index is -0.677. The zero-order chi connectivity index (χ0) is 18.3. The molecule has 0 unspecified atom stereocenters. The molecule has 2 aromatic heterocycles. The molecular formula is C19H17N3O4. The van der Waals surface area contributed by atoms with Crippen LogP contribution in [0.25, 0.3) is 10.9 Å². The maximum absolute atomic E-state index is 13.0. The van der Waals surface area contributed by atoms with Gasteiger partial charge in [-0.25, -0.2) is 0 Å². The first-order valence-corrected chi connectivity index (χ1v) is 8.27. The van der Waals surface area contributed by atoms with E-state index in [4.69, 9.17) is 4.42 Å². The lowest BCUT2D eigenvalue weighted by Gasteiger charge is -2.34. The van der Waals surface area contributed by atoms with Crippen molar-refractivity contribution in [2.24, 2.45) is 0 Å². The first kappa shape index (κ1) is 16.1. The number of carbonyl (C=O) groups excluding carboxylic acids is 3. The van der Waals surface area contributed by atoms with E-state index in [2.05, 4.69) is 10.3 Å². The highest BCUT2D eigenvalue weighted by molar-refractivity contribution is 6.01. The van der Waals surface area contributed by atoms with Crippen molar-refractivity contribution < 1.29 is 18.8 Å². The van der Waals surface area contributed by atoms with Crippen LogP contribution in [0.2, 0.25) is 0 Å². The van der Waals surface area contributed by atoms with Gasteiger partial charge in [0, 0.05) is 30.1 Å². The Balaban J connectivity index is 1.79. The minimum absolute atomic E-state index is 0.0477. The first-order chi connectivity index (χ1) is 12.6. The summed E-state index contributed by atoms with van der Waals surface area (Å²) in [6.45, 7) is 0.236. The lowest BCUT2D eigenvalue weighted by atomic mass is 9.95. The summed E-state index contributed by atoms with van der Waals surface area (Å²) in [6, 6.07) is 8.60. The topological polar surface area (TPSA) is 95.4 Å². The Morgan fingerprint density at radius 1 is 1.31 bits per heavy atom. The normalized spacial score (nSPS) is 16.3. The Labute approximate surface area is 149 Å². The average Bonchev–Trinajstić information content (AvgIpc) is 3.29. The highest BCUT2D eigenvalue weighted by Gasteiger charge is 2.38. The van der Waals surface area contributed by atoms with E-state index in [1.807, 2.05) is 24.3 Å². The lowest BCUT2D eigenvalue weighted by molar-refractivity contribution is -0.125. The minimum Gasteiger partial charge on any atom is -0.458 e. The number of hydrogen-bond acceptors (Lipinski definition) is 4. The summed E-state index contributed by atoms with van der Waals surface area (Å²) in [6.07, 6.45) is 2.26. The number of rotatable bonds is 3. The van der Waals surface area contributed by atoms with Gasteiger partial charge in [0.05, 0.1) is 18.4 Å². The standard InChI is InChI=1S/C19H17N3O4/c1-20-18(24)16-8-13-12-4-2-3-5-14(12)21-15(13)9-22(16)19(25)17-11(10-23)6-7-26-17/h2-7,10,16,21H,8-9H2,1H3,(H,20,24)/t16-/m1/s1. The molecule has 132 valence electrons. The smallest absolute Gasteiger partial charge is 0.291 e. The maximum Gasteiger partial charge on any atom is 0.291 e. The maximum atomic E-state index is 13.0. The van der Waals surface area contributed by atoms with Crippen LogP contribution in [0.1, 0.15) is 32.2 Å². The van der Waals surface area contributed by atoms with Gasteiger partial charge in [-0.1, -0.05) is 18.2 Å². The van der Waals surface area contributed by atoms with E-state index in [1.165, 1.54) is 17.2 Å². The Hall–Kier alpha value is -3.35. The zero-order valence-electron chi connectivity index (χ0n) is 14.1. The Bertz CT molecular complexity index is 1020. The van der Waals surface area contributed by atoms with Crippen LogP contribution < -0.4 is 5.32 Å². The monoisotopic (exact) mass is 351 g/mol. The second kappa shape index (κ2) is 6.18. The van der Waals surface area contributed by atoms with Gasteiger partial charge < -0.3 is 19.6 Å². The van der Waals surface area contributed by atoms with Gasteiger partial charge in [-0.3, -0.25) is 14.4 Å². The van der Waals surface area contributed by atoms with E-state index in [-0.39, 0.29) is 23.8 Å². The zero-order valence-corrected chi connectivity index (χ0v) is 14.1. The quantitative estimate of drug-likeness (QED) is 0.705. The number of aromatic amines is 1. The van der Waals surface area contributed by atoms with E-state index in [9.17, 15) is 14.4 Å². The summed E-state index contributed by atoms with van der Waals surface area (Å²) in [5.41, 5.74) is 3.06. The van der Waals surface area contributed by atoms with Gasteiger partial charge in [-0.05, 0) is 17.7 Å². The van der Waals surface area contributed by atoms with Gasteiger partial charge >= 0.3 is 0 Å². The molecule has 0 fully saturated rings. The highest BCUT2D eigenvalue weighted by atomic mass is 16.3. The molecule has 3 heterocycles. The fourth-order valence-corrected chi connectivity index (χ4v) is 3.54. The fourth-order valence-electron chi connectivity index (χ4n) is 3.54. The number of nitrogens with one attached hydrogen (secondary N) is 2. The molecule has 2 amide bonds. The predicted octanol–water partition coefficient (Wildman–Crippen LogP) is 1.89. The number of carbonyl (C=O) groups is 3. The molecule has 3 aromatic rings. The number of para-hydroxylation sites is 1. The molecule has 1 aromatic carbocycles. The molecule has 26 heavy (non-hydrogen) atoms. The van der Waals surface area contributed by atoms with E-state index >= 15 is 0 Å². The van der Waals surface area contributed by atoms with Crippen molar-refractivity contribution in [2.45, 2.75) is 19.0 Å².